The molecular weight excluding hydrogens is 320 g/mol. The lowest BCUT2D eigenvalue weighted by molar-refractivity contribution is -0.114. The number of piperidine rings is 1. The summed E-state index contributed by atoms with van der Waals surface area (Å²) in [4.78, 5) is 14.0. The number of nitrogens with one attached hydrogen (secondary N) is 1. The summed E-state index contributed by atoms with van der Waals surface area (Å²) >= 11 is 0. The van der Waals surface area contributed by atoms with Crippen LogP contribution in [0.25, 0.3) is 5.57 Å². The summed E-state index contributed by atoms with van der Waals surface area (Å²) in [6, 6.07) is 20.2. The Morgan fingerprint density at radius 2 is 1.96 bits per heavy atom. The van der Waals surface area contributed by atoms with Gasteiger partial charge in [-0.25, -0.2) is 0 Å². The number of carbonyl (C=O) groups excluding carboxylic acids is 1. The average Bonchev–Trinajstić information content (AvgIpc) is 2.62. The number of fused-ring (bicyclic) bond motifs is 2. The maximum atomic E-state index is 11.3. The maximum absolute atomic E-state index is 11.3. The molecule has 1 fully saturated rings. The van der Waals surface area contributed by atoms with Crippen molar-refractivity contribution in [1.82, 2.24) is 4.90 Å². The van der Waals surface area contributed by atoms with Gasteiger partial charge in [0.05, 0.1) is 0 Å². The van der Waals surface area contributed by atoms with E-state index in [9.17, 15) is 4.79 Å². The lowest BCUT2D eigenvalue weighted by Gasteiger charge is -2.45. The molecule has 3 nitrogen and oxygen atoms in total. The number of anilines is 1. The highest BCUT2D eigenvalue weighted by atomic mass is 16.1. The summed E-state index contributed by atoms with van der Waals surface area (Å²) in [5, 5.41) is 2.90. The summed E-state index contributed by atoms with van der Waals surface area (Å²) in [6.45, 7) is 2.59. The van der Waals surface area contributed by atoms with Gasteiger partial charge >= 0.3 is 0 Å². The number of benzene rings is 2. The van der Waals surface area contributed by atoms with Gasteiger partial charge in [0.25, 0.3) is 0 Å². The van der Waals surface area contributed by atoms with Crippen molar-refractivity contribution in [2.24, 2.45) is 0 Å². The van der Waals surface area contributed by atoms with Crippen molar-refractivity contribution in [3.8, 4) is 0 Å². The second-order valence-electron chi connectivity index (χ2n) is 7.47. The highest BCUT2D eigenvalue weighted by Crippen LogP contribution is 2.38. The molecule has 2 aliphatic heterocycles. The molecule has 2 heterocycles. The van der Waals surface area contributed by atoms with Crippen LogP contribution >= 0.6 is 0 Å². The number of nitrogens with zero attached hydrogens (tertiary/aromatic N) is 1. The molecule has 1 N–H and O–H groups in total. The van der Waals surface area contributed by atoms with E-state index in [-0.39, 0.29) is 5.91 Å². The van der Waals surface area contributed by atoms with E-state index in [0.29, 0.717) is 12.1 Å². The van der Waals surface area contributed by atoms with Crippen LogP contribution in [0.1, 0.15) is 43.7 Å². The Kier molecular flexibility index (Phi) is 4.89. The van der Waals surface area contributed by atoms with Crippen LogP contribution in [0.3, 0.4) is 0 Å². The molecule has 2 bridgehead atoms. The molecule has 2 aromatic carbocycles. The molecule has 1 saturated heterocycles. The molecule has 26 heavy (non-hydrogen) atoms. The highest BCUT2D eigenvalue weighted by Gasteiger charge is 2.34. The number of rotatable bonds is 4. The molecule has 0 aliphatic carbocycles. The number of hydrogen-bond acceptors (Lipinski definition) is 2. The summed E-state index contributed by atoms with van der Waals surface area (Å²) < 4.78 is 0. The second kappa shape index (κ2) is 7.46. The minimum absolute atomic E-state index is 0.0225. The van der Waals surface area contributed by atoms with E-state index in [1.807, 2.05) is 12.1 Å². The third-order valence-electron chi connectivity index (χ3n) is 5.54. The molecule has 3 heteroatoms. The number of carbonyl (C=O) groups is 1. The van der Waals surface area contributed by atoms with Gasteiger partial charge in [-0.15, -0.1) is 0 Å². The Balaban J connectivity index is 1.57. The first-order valence-corrected chi connectivity index (χ1v) is 9.57. The molecule has 0 saturated carbocycles. The summed E-state index contributed by atoms with van der Waals surface area (Å²) in [6.07, 6.45) is 7.37. The largest absolute Gasteiger partial charge is 0.326 e. The third kappa shape index (κ3) is 3.73. The lowest BCUT2D eigenvalue weighted by Crippen LogP contribution is -2.47. The molecule has 0 radical (unpaired) electrons. The first-order valence-electron chi connectivity index (χ1n) is 9.57. The Labute approximate surface area is 155 Å². The highest BCUT2D eigenvalue weighted by molar-refractivity contribution is 5.89. The minimum atomic E-state index is -0.0225. The topological polar surface area (TPSA) is 32.3 Å². The van der Waals surface area contributed by atoms with Crippen LogP contribution in [-0.4, -0.2) is 22.9 Å². The molecule has 1 amide bonds. The van der Waals surface area contributed by atoms with E-state index in [4.69, 9.17) is 0 Å². The van der Waals surface area contributed by atoms with Crippen molar-refractivity contribution in [2.45, 2.75) is 51.2 Å². The second-order valence-corrected chi connectivity index (χ2v) is 7.47. The van der Waals surface area contributed by atoms with Crippen LogP contribution in [0.2, 0.25) is 0 Å². The smallest absolute Gasteiger partial charge is 0.221 e. The Bertz CT molecular complexity index is 812. The van der Waals surface area contributed by atoms with Crippen molar-refractivity contribution in [3.05, 3.63) is 71.8 Å². The number of hydrogen-bond donors (Lipinski definition) is 1. The molecule has 2 aliphatic rings. The zero-order valence-corrected chi connectivity index (χ0v) is 15.3. The lowest BCUT2D eigenvalue weighted by atomic mass is 9.82. The molecular formula is C23H26N2O. The zero-order valence-electron chi connectivity index (χ0n) is 15.3. The molecule has 4 rings (SSSR count). The van der Waals surface area contributed by atoms with E-state index < -0.39 is 0 Å². The maximum Gasteiger partial charge on any atom is 0.221 e. The number of amides is 1. The van der Waals surface area contributed by atoms with Crippen LogP contribution in [0.4, 0.5) is 5.69 Å². The van der Waals surface area contributed by atoms with Crippen molar-refractivity contribution >= 4 is 17.2 Å². The first-order chi connectivity index (χ1) is 12.7. The monoisotopic (exact) mass is 346 g/mol. The van der Waals surface area contributed by atoms with Gasteiger partial charge in [-0.3, -0.25) is 9.69 Å². The fourth-order valence-electron chi connectivity index (χ4n) is 4.37. The van der Waals surface area contributed by atoms with Gasteiger partial charge in [-0.05, 0) is 48.1 Å². The fourth-order valence-corrected chi connectivity index (χ4v) is 4.37. The summed E-state index contributed by atoms with van der Waals surface area (Å²) in [7, 11) is 0. The van der Waals surface area contributed by atoms with Crippen molar-refractivity contribution in [3.63, 3.8) is 0 Å². The summed E-state index contributed by atoms with van der Waals surface area (Å²) in [5.41, 5.74) is 4.95. The Hall–Kier alpha value is -2.39. The average molecular weight is 346 g/mol. The SMILES string of the molecule is CC(=O)Nc1cccc(C2=CC3CCCC(C2)N3Cc2ccccc2)c1. The van der Waals surface area contributed by atoms with Gasteiger partial charge in [0, 0.05) is 31.2 Å². The van der Waals surface area contributed by atoms with Crippen molar-refractivity contribution in [1.29, 1.82) is 0 Å². The van der Waals surface area contributed by atoms with Crippen LogP contribution in [0.15, 0.2) is 60.7 Å². The van der Waals surface area contributed by atoms with Crippen LogP contribution in [0.5, 0.6) is 0 Å². The van der Waals surface area contributed by atoms with Crippen molar-refractivity contribution in [2.75, 3.05) is 5.32 Å². The van der Waals surface area contributed by atoms with E-state index >= 15 is 0 Å². The van der Waals surface area contributed by atoms with E-state index in [1.54, 1.807) is 6.92 Å². The summed E-state index contributed by atoms with van der Waals surface area (Å²) in [5.74, 6) is -0.0225. The Morgan fingerprint density at radius 1 is 1.12 bits per heavy atom. The van der Waals surface area contributed by atoms with Gasteiger partial charge in [0.1, 0.15) is 0 Å². The van der Waals surface area contributed by atoms with Crippen LogP contribution in [0, 0.1) is 0 Å². The standard InChI is InChI=1S/C23H26N2O/c1-17(26)24-21-10-5-9-19(13-21)20-14-22-11-6-12-23(15-20)25(22)16-18-7-3-2-4-8-18/h2-5,7-10,13-14,22-23H,6,11-12,15-16H2,1H3,(H,24,26). The Morgan fingerprint density at radius 3 is 2.73 bits per heavy atom. The zero-order chi connectivity index (χ0) is 17.9. The van der Waals surface area contributed by atoms with Crippen LogP contribution < -0.4 is 5.32 Å². The minimum Gasteiger partial charge on any atom is -0.326 e. The molecule has 134 valence electrons. The predicted molar refractivity (Wildman–Crippen MR) is 107 cm³/mol. The van der Waals surface area contributed by atoms with Gasteiger partial charge in [-0.1, -0.05) is 55.0 Å². The molecule has 0 spiro atoms. The fraction of sp³-hybridized carbons (Fsp3) is 0.348. The van der Waals surface area contributed by atoms with Gasteiger partial charge in [0.2, 0.25) is 5.91 Å². The molecule has 2 aromatic rings. The van der Waals surface area contributed by atoms with E-state index in [2.05, 4.69) is 58.8 Å². The van der Waals surface area contributed by atoms with Gasteiger partial charge < -0.3 is 5.32 Å². The van der Waals surface area contributed by atoms with E-state index in [0.717, 1.165) is 18.7 Å². The molecule has 0 aromatic heterocycles. The molecule has 2 unspecified atom stereocenters. The van der Waals surface area contributed by atoms with Gasteiger partial charge in [0.15, 0.2) is 0 Å². The van der Waals surface area contributed by atoms with E-state index in [1.165, 1.54) is 36.0 Å². The quantitative estimate of drug-likeness (QED) is 0.858. The normalized spacial score (nSPS) is 22.6. The van der Waals surface area contributed by atoms with Gasteiger partial charge in [-0.2, -0.15) is 0 Å². The van der Waals surface area contributed by atoms with Crippen LogP contribution in [-0.2, 0) is 11.3 Å². The third-order valence-corrected chi connectivity index (χ3v) is 5.54. The first kappa shape index (κ1) is 17.0. The van der Waals surface area contributed by atoms with Crippen molar-refractivity contribution < 1.29 is 4.79 Å². The predicted octanol–water partition coefficient (Wildman–Crippen LogP) is 4.86. The molecule has 2 atom stereocenters.